The Hall–Kier alpha value is -2.04. The molecule has 0 aliphatic carbocycles. The van der Waals surface area contributed by atoms with Crippen LogP contribution in [0.15, 0.2) is 24.3 Å². The van der Waals surface area contributed by atoms with Crippen LogP contribution in [0.1, 0.15) is 19.4 Å². The number of nitrogens with one attached hydrogen (secondary N) is 3. The van der Waals surface area contributed by atoms with Gasteiger partial charge in [0.2, 0.25) is 0 Å². The normalized spacial score (nSPS) is 10.8. The van der Waals surface area contributed by atoms with Gasteiger partial charge in [0.05, 0.1) is 5.84 Å². The number of carbonyl (C=O) groups is 1. The Labute approximate surface area is 107 Å². The van der Waals surface area contributed by atoms with Gasteiger partial charge in [-0.05, 0) is 24.6 Å². The molecular formula is C13H20N4O. The molecule has 0 aromatic heterocycles. The maximum Gasteiger partial charge on any atom is 0.319 e. The van der Waals surface area contributed by atoms with Gasteiger partial charge in [-0.2, -0.15) is 0 Å². The number of hydrogen-bond donors (Lipinski definition) is 4. The average Bonchev–Trinajstić information content (AvgIpc) is 2.26. The van der Waals surface area contributed by atoms with Crippen molar-refractivity contribution in [1.82, 2.24) is 5.32 Å². The van der Waals surface area contributed by atoms with Crippen LogP contribution in [0.5, 0.6) is 0 Å². The van der Waals surface area contributed by atoms with Crippen LogP contribution in [0.4, 0.5) is 10.5 Å². The van der Waals surface area contributed by atoms with E-state index in [4.69, 9.17) is 11.1 Å². The molecule has 0 spiro atoms. The zero-order valence-corrected chi connectivity index (χ0v) is 11.0. The minimum atomic E-state index is -0.538. The Morgan fingerprint density at radius 2 is 2.11 bits per heavy atom. The van der Waals surface area contributed by atoms with Crippen LogP contribution in [-0.4, -0.2) is 18.4 Å². The van der Waals surface area contributed by atoms with Gasteiger partial charge in [0.1, 0.15) is 0 Å². The van der Waals surface area contributed by atoms with E-state index in [1.165, 1.54) is 0 Å². The van der Waals surface area contributed by atoms with Gasteiger partial charge in [-0.25, -0.2) is 4.79 Å². The molecule has 18 heavy (non-hydrogen) atoms. The van der Waals surface area contributed by atoms with Gasteiger partial charge >= 0.3 is 6.03 Å². The Balaban J connectivity index is 2.50. The molecule has 0 saturated heterocycles. The minimum absolute atomic E-state index is 0.0540. The molecule has 1 rings (SSSR count). The maximum absolute atomic E-state index is 11.7. The molecule has 0 aliphatic heterocycles. The molecule has 0 heterocycles. The second-order valence-electron chi connectivity index (χ2n) is 4.97. The van der Waals surface area contributed by atoms with Crippen molar-refractivity contribution in [3.63, 3.8) is 0 Å². The molecule has 5 heteroatoms. The highest BCUT2D eigenvalue weighted by atomic mass is 16.2. The highest BCUT2D eigenvalue weighted by Gasteiger charge is 2.22. The first-order valence-corrected chi connectivity index (χ1v) is 5.77. The van der Waals surface area contributed by atoms with E-state index in [9.17, 15) is 4.79 Å². The summed E-state index contributed by atoms with van der Waals surface area (Å²) >= 11 is 0. The van der Waals surface area contributed by atoms with Gasteiger partial charge < -0.3 is 16.4 Å². The molecule has 0 fully saturated rings. The van der Waals surface area contributed by atoms with Crippen molar-refractivity contribution in [3.8, 4) is 0 Å². The molecule has 1 aromatic carbocycles. The summed E-state index contributed by atoms with van der Waals surface area (Å²) in [4.78, 5) is 11.7. The van der Waals surface area contributed by atoms with Crippen molar-refractivity contribution in [2.24, 2.45) is 11.1 Å². The predicted octanol–water partition coefficient (Wildman–Crippen LogP) is 2.08. The van der Waals surface area contributed by atoms with E-state index >= 15 is 0 Å². The fourth-order valence-corrected chi connectivity index (χ4v) is 1.29. The lowest BCUT2D eigenvalue weighted by atomic mass is 9.92. The van der Waals surface area contributed by atoms with E-state index < -0.39 is 5.41 Å². The third-order valence-electron chi connectivity index (χ3n) is 2.70. The van der Waals surface area contributed by atoms with E-state index in [-0.39, 0.29) is 11.9 Å². The predicted molar refractivity (Wildman–Crippen MR) is 73.9 cm³/mol. The first-order valence-electron chi connectivity index (χ1n) is 5.77. The number of amides is 2. The second-order valence-corrected chi connectivity index (χ2v) is 4.97. The van der Waals surface area contributed by atoms with Crippen LogP contribution in [-0.2, 0) is 0 Å². The fourth-order valence-electron chi connectivity index (χ4n) is 1.29. The van der Waals surface area contributed by atoms with Crippen molar-refractivity contribution < 1.29 is 4.79 Å². The summed E-state index contributed by atoms with van der Waals surface area (Å²) in [6, 6.07) is 7.25. The van der Waals surface area contributed by atoms with Crippen LogP contribution in [0.25, 0.3) is 0 Å². The topological polar surface area (TPSA) is 91.0 Å². The third kappa shape index (κ3) is 4.08. The number of amidine groups is 1. The number of rotatable bonds is 4. The van der Waals surface area contributed by atoms with E-state index in [1.807, 2.05) is 45.0 Å². The maximum atomic E-state index is 11.7. The molecular weight excluding hydrogens is 228 g/mol. The average molecular weight is 248 g/mol. The van der Waals surface area contributed by atoms with Gasteiger partial charge in [-0.1, -0.05) is 26.0 Å². The molecule has 5 nitrogen and oxygen atoms in total. The van der Waals surface area contributed by atoms with Crippen molar-refractivity contribution >= 4 is 17.6 Å². The van der Waals surface area contributed by atoms with Gasteiger partial charge in [-0.15, -0.1) is 0 Å². The number of carbonyl (C=O) groups excluding carboxylic acids is 1. The molecule has 5 N–H and O–H groups in total. The van der Waals surface area contributed by atoms with Crippen LogP contribution >= 0.6 is 0 Å². The summed E-state index contributed by atoms with van der Waals surface area (Å²) in [5, 5.41) is 12.8. The number of benzene rings is 1. The molecule has 0 unspecified atom stereocenters. The molecule has 0 aliphatic rings. The summed E-state index contributed by atoms with van der Waals surface area (Å²) in [5.74, 6) is 0.0540. The SMILES string of the molecule is Cc1cccc(NC(=O)NCC(C)(C)C(=N)N)c1. The zero-order valence-electron chi connectivity index (χ0n) is 11.0. The highest BCUT2D eigenvalue weighted by Crippen LogP contribution is 2.13. The van der Waals surface area contributed by atoms with E-state index in [0.717, 1.165) is 11.3 Å². The molecule has 98 valence electrons. The van der Waals surface area contributed by atoms with Crippen LogP contribution in [0.2, 0.25) is 0 Å². The number of aryl methyl sites for hydroxylation is 1. The Morgan fingerprint density at radius 1 is 1.44 bits per heavy atom. The summed E-state index contributed by atoms with van der Waals surface area (Å²) in [6.07, 6.45) is 0. The van der Waals surface area contributed by atoms with Gasteiger partial charge in [0.15, 0.2) is 0 Å². The lowest BCUT2D eigenvalue weighted by molar-refractivity contribution is 0.249. The lowest BCUT2D eigenvalue weighted by Crippen LogP contribution is -2.43. The molecule has 2 amide bonds. The number of nitrogens with two attached hydrogens (primary N) is 1. The van der Waals surface area contributed by atoms with E-state index in [1.54, 1.807) is 0 Å². The molecule has 0 atom stereocenters. The zero-order chi connectivity index (χ0) is 13.8. The van der Waals surface area contributed by atoms with Crippen molar-refractivity contribution in [3.05, 3.63) is 29.8 Å². The van der Waals surface area contributed by atoms with E-state index in [0.29, 0.717) is 6.54 Å². The lowest BCUT2D eigenvalue weighted by Gasteiger charge is -2.23. The third-order valence-corrected chi connectivity index (χ3v) is 2.70. The van der Waals surface area contributed by atoms with Crippen molar-refractivity contribution in [2.45, 2.75) is 20.8 Å². The standard InChI is InChI=1S/C13H20N4O/c1-9-5-4-6-10(7-9)17-12(18)16-8-13(2,3)11(14)15/h4-7H,8H2,1-3H3,(H3,14,15)(H2,16,17,18). The first-order chi connectivity index (χ1) is 8.31. The molecule has 1 aromatic rings. The number of urea groups is 1. The molecule has 0 radical (unpaired) electrons. The molecule has 0 bridgehead atoms. The highest BCUT2D eigenvalue weighted by molar-refractivity contribution is 5.90. The minimum Gasteiger partial charge on any atom is -0.387 e. The van der Waals surface area contributed by atoms with Gasteiger partial charge in [0.25, 0.3) is 0 Å². The summed E-state index contributed by atoms with van der Waals surface area (Å²) in [7, 11) is 0. The largest absolute Gasteiger partial charge is 0.387 e. The first kappa shape index (κ1) is 14.0. The number of hydrogen-bond acceptors (Lipinski definition) is 2. The van der Waals surface area contributed by atoms with Gasteiger partial charge in [0, 0.05) is 17.6 Å². The Kier molecular flexibility index (Phi) is 4.31. The Morgan fingerprint density at radius 3 is 2.67 bits per heavy atom. The van der Waals surface area contributed by atoms with Crippen molar-refractivity contribution in [2.75, 3.05) is 11.9 Å². The van der Waals surface area contributed by atoms with Crippen LogP contribution in [0.3, 0.4) is 0 Å². The monoisotopic (exact) mass is 248 g/mol. The van der Waals surface area contributed by atoms with Crippen molar-refractivity contribution in [1.29, 1.82) is 5.41 Å². The quantitative estimate of drug-likeness (QED) is 0.485. The van der Waals surface area contributed by atoms with Crippen LogP contribution in [0, 0.1) is 17.7 Å². The smallest absolute Gasteiger partial charge is 0.319 e. The van der Waals surface area contributed by atoms with Gasteiger partial charge in [-0.3, -0.25) is 5.41 Å². The van der Waals surface area contributed by atoms with E-state index in [2.05, 4.69) is 10.6 Å². The summed E-state index contributed by atoms with van der Waals surface area (Å²) < 4.78 is 0. The summed E-state index contributed by atoms with van der Waals surface area (Å²) in [5.41, 5.74) is 6.73. The van der Waals surface area contributed by atoms with Crippen LogP contribution < -0.4 is 16.4 Å². The second kappa shape index (κ2) is 5.53. The number of anilines is 1. The Bertz CT molecular complexity index is 454. The summed E-state index contributed by atoms with van der Waals surface area (Å²) in [6.45, 7) is 5.90. The molecule has 0 saturated carbocycles. The fraction of sp³-hybridized carbons (Fsp3) is 0.385.